The Balaban J connectivity index is 1.89. The van der Waals surface area contributed by atoms with Gasteiger partial charge < -0.3 is 5.32 Å². The summed E-state index contributed by atoms with van der Waals surface area (Å²) in [6.07, 6.45) is 7.20. The van der Waals surface area contributed by atoms with Crippen molar-refractivity contribution in [2.45, 2.75) is 4.90 Å². The summed E-state index contributed by atoms with van der Waals surface area (Å²) in [5.74, 6) is 0. The van der Waals surface area contributed by atoms with Crippen molar-refractivity contribution < 1.29 is 0 Å². The zero-order valence-electron chi connectivity index (χ0n) is 15.2. The molecule has 5 nitrogen and oxygen atoms in total. The molecule has 3 aromatic rings. The number of allylic oxidation sites excluding steroid dienone is 1. The zero-order valence-corrected chi connectivity index (χ0v) is 16.0. The van der Waals surface area contributed by atoms with Crippen LogP contribution >= 0.6 is 11.8 Å². The fourth-order valence-corrected chi connectivity index (χ4v) is 2.95. The van der Waals surface area contributed by atoms with Crippen LogP contribution in [0, 0.1) is 0 Å². The molecule has 3 rings (SSSR count). The van der Waals surface area contributed by atoms with E-state index in [1.807, 2.05) is 60.9 Å². The summed E-state index contributed by atoms with van der Waals surface area (Å²) in [6.45, 7) is 0. The highest BCUT2D eigenvalue weighted by atomic mass is 32.2. The van der Waals surface area contributed by atoms with Crippen molar-refractivity contribution in [3.8, 4) is 5.69 Å². The van der Waals surface area contributed by atoms with Gasteiger partial charge >= 0.3 is 0 Å². The van der Waals surface area contributed by atoms with E-state index >= 15 is 0 Å². The molecule has 1 aromatic heterocycles. The first-order valence-electron chi connectivity index (χ1n) is 8.41. The van der Waals surface area contributed by atoms with Crippen LogP contribution < -0.4 is 10.7 Å². The lowest BCUT2D eigenvalue weighted by molar-refractivity contribution is 0.826. The minimum Gasteiger partial charge on any atom is -0.362 e. The predicted molar refractivity (Wildman–Crippen MR) is 113 cm³/mol. The highest BCUT2D eigenvalue weighted by Gasteiger charge is 2.09. The highest BCUT2D eigenvalue weighted by molar-refractivity contribution is 7.98. The Kier molecular flexibility index (Phi) is 6.22. The summed E-state index contributed by atoms with van der Waals surface area (Å²) < 4.78 is 1.69. The Hall–Kier alpha value is -3.12. The van der Waals surface area contributed by atoms with Crippen LogP contribution in [0.15, 0.2) is 93.8 Å². The van der Waals surface area contributed by atoms with Gasteiger partial charge in [0.05, 0.1) is 11.4 Å². The van der Waals surface area contributed by atoms with E-state index in [2.05, 4.69) is 15.4 Å². The van der Waals surface area contributed by atoms with Crippen molar-refractivity contribution in [2.75, 3.05) is 18.6 Å². The number of aliphatic imine (C=N–C) groups is 1. The van der Waals surface area contributed by atoms with Crippen molar-refractivity contribution in [2.24, 2.45) is 4.99 Å². The molecule has 0 aliphatic carbocycles. The second-order valence-corrected chi connectivity index (χ2v) is 6.51. The number of rotatable bonds is 6. The SMILES string of the molecule is CN=C(C=CNc1ccccc1)c1nn(-c2cccc(SC)c2)ccc1=O. The quantitative estimate of drug-likeness (QED) is 0.522. The van der Waals surface area contributed by atoms with E-state index in [0.717, 1.165) is 16.3 Å². The van der Waals surface area contributed by atoms with E-state index in [-0.39, 0.29) is 5.43 Å². The van der Waals surface area contributed by atoms with Gasteiger partial charge in [-0.05, 0) is 42.7 Å². The van der Waals surface area contributed by atoms with Gasteiger partial charge in [-0.1, -0.05) is 24.3 Å². The van der Waals surface area contributed by atoms with Crippen LogP contribution in [-0.4, -0.2) is 28.8 Å². The first-order valence-corrected chi connectivity index (χ1v) is 9.63. The van der Waals surface area contributed by atoms with E-state index in [1.54, 1.807) is 42.0 Å². The molecule has 2 aromatic carbocycles. The second-order valence-electron chi connectivity index (χ2n) is 5.63. The molecule has 136 valence electrons. The van der Waals surface area contributed by atoms with Gasteiger partial charge in [0, 0.05) is 36.1 Å². The van der Waals surface area contributed by atoms with Crippen molar-refractivity contribution in [1.82, 2.24) is 9.78 Å². The summed E-state index contributed by atoms with van der Waals surface area (Å²) in [5, 5.41) is 7.66. The first kappa shape index (κ1) is 18.7. The molecular formula is C21H20N4OS. The normalized spacial score (nSPS) is 11.7. The van der Waals surface area contributed by atoms with Crippen LogP contribution in [0.3, 0.4) is 0 Å². The molecule has 0 unspecified atom stereocenters. The molecule has 0 aliphatic rings. The fraction of sp³-hybridized carbons (Fsp3) is 0.0952. The van der Waals surface area contributed by atoms with Crippen LogP contribution in [0.4, 0.5) is 5.69 Å². The number of hydrogen-bond acceptors (Lipinski definition) is 5. The largest absolute Gasteiger partial charge is 0.362 e. The number of aromatic nitrogens is 2. The van der Waals surface area contributed by atoms with Crippen LogP contribution in [-0.2, 0) is 0 Å². The second kappa shape index (κ2) is 9.00. The molecule has 1 heterocycles. The van der Waals surface area contributed by atoms with E-state index in [1.165, 1.54) is 6.07 Å². The molecule has 0 aliphatic heterocycles. The number of benzene rings is 2. The molecule has 6 heteroatoms. The van der Waals surface area contributed by atoms with Crippen LogP contribution in [0.1, 0.15) is 5.69 Å². The van der Waals surface area contributed by atoms with Crippen molar-refractivity contribution in [3.05, 3.63) is 95.1 Å². The van der Waals surface area contributed by atoms with Gasteiger partial charge in [0.2, 0.25) is 5.43 Å². The molecular weight excluding hydrogens is 356 g/mol. The van der Waals surface area contributed by atoms with Crippen molar-refractivity contribution in [1.29, 1.82) is 0 Å². The topological polar surface area (TPSA) is 59.3 Å². The molecule has 0 bridgehead atoms. The maximum atomic E-state index is 12.3. The van der Waals surface area contributed by atoms with Gasteiger partial charge in [-0.2, -0.15) is 5.10 Å². The molecule has 27 heavy (non-hydrogen) atoms. The average Bonchev–Trinajstić information content (AvgIpc) is 2.73. The predicted octanol–water partition coefficient (Wildman–Crippen LogP) is 4.00. The van der Waals surface area contributed by atoms with Crippen molar-refractivity contribution in [3.63, 3.8) is 0 Å². The minimum absolute atomic E-state index is 0.169. The number of nitrogens with one attached hydrogen (secondary N) is 1. The van der Waals surface area contributed by atoms with Gasteiger partial charge in [-0.25, -0.2) is 4.68 Å². The first-order chi connectivity index (χ1) is 13.2. The third-order valence-electron chi connectivity index (χ3n) is 3.87. The molecule has 0 spiro atoms. The number of para-hydroxylation sites is 1. The van der Waals surface area contributed by atoms with Gasteiger partial charge in [0.15, 0.2) is 5.69 Å². The third-order valence-corrected chi connectivity index (χ3v) is 4.60. The Bertz CT molecular complexity index is 1030. The molecule has 0 atom stereocenters. The number of thioether (sulfide) groups is 1. The Labute approximate surface area is 162 Å². The van der Waals surface area contributed by atoms with Gasteiger partial charge in [0.1, 0.15) is 0 Å². The standard InChI is InChI=1S/C21H20N4OS/c1-22-19(11-13-23-16-7-4-3-5-8-16)21-20(26)12-14-25(24-21)17-9-6-10-18(15-17)27-2/h3-15,23H,1-2H3. The van der Waals surface area contributed by atoms with Crippen LogP contribution in [0.25, 0.3) is 5.69 Å². The van der Waals surface area contributed by atoms with Gasteiger partial charge in [-0.3, -0.25) is 9.79 Å². The van der Waals surface area contributed by atoms with E-state index in [0.29, 0.717) is 11.4 Å². The summed E-state index contributed by atoms with van der Waals surface area (Å²) in [6, 6.07) is 19.3. The maximum absolute atomic E-state index is 12.3. The van der Waals surface area contributed by atoms with Crippen molar-refractivity contribution >= 4 is 23.2 Å². The summed E-state index contributed by atoms with van der Waals surface area (Å²) >= 11 is 1.66. The molecule has 0 amide bonds. The van der Waals surface area contributed by atoms with E-state index < -0.39 is 0 Å². The van der Waals surface area contributed by atoms with Gasteiger partial charge in [-0.15, -0.1) is 11.8 Å². The number of nitrogens with zero attached hydrogens (tertiary/aromatic N) is 3. The molecule has 0 fully saturated rings. The molecule has 0 saturated carbocycles. The Morgan fingerprint density at radius 3 is 2.70 bits per heavy atom. The van der Waals surface area contributed by atoms with Crippen LogP contribution in [0.5, 0.6) is 0 Å². The molecule has 1 N–H and O–H groups in total. The fourth-order valence-electron chi connectivity index (χ4n) is 2.49. The summed E-state index contributed by atoms with van der Waals surface area (Å²) in [7, 11) is 1.65. The molecule has 0 radical (unpaired) electrons. The number of hydrogen-bond donors (Lipinski definition) is 1. The smallest absolute Gasteiger partial charge is 0.209 e. The van der Waals surface area contributed by atoms with E-state index in [4.69, 9.17) is 0 Å². The summed E-state index contributed by atoms with van der Waals surface area (Å²) in [4.78, 5) is 17.7. The average molecular weight is 376 g/mol. The monoisotopic (exact) mass is 376 g/mol. The van der Waals surface area contributed by atoms with Crippen LogP contribution in [0.2, 0.25) is 0 Å². The number of anilines is 1. The van der Waals surface area contributed by atoms with Gasteiger partial charge in [0.25, 0.3) is 0 Å². The van der Waals surface area contributed by atoms with E-state index in [9.17, 15) is 4.79 Å². The Morgan fingerprint density at radius 2 is 1.96 bits per heavy atom. The molecule has 0 saturated heterocycles. The minimum atomic E-state index is -0.169. The lowest BCUT2D eigenvalue weighted by Crippen LogP contribution is -2.20. The Morgan fingerprint density at radius 1 is 1.15 bits per heavy atom. The zero-order chi connectivity index (χ0) is 19.1. The third kappa shape index (κ3) is 4.74. The maximum Gasteiger partial charge on any atom is 0.209 e. The lowest BCUT2D eigenvalue weighted by Gasteiger charge is -2.08. The highest BCUT2D eigenvalue weighted by Crippen LogP contribution is 2.17. The lowest BCUT2D eigenvalue weighted by atomic mass is 10.2. The summed E-state index contributed by atoms with van der Waals surface area (Å²) in [5.41, 5.74) is 2.50.